The number of esters is 1. The van der Waals surface area contributed by atoms with E-state index in [1.807, 2.05) is 30.5 Å². The van der Waals surface area contributed by atoms with Crippen LogP contribution in [0.15, 0.2) is 43.1 Å². The SMILES string of the molecule is CCOC(=O)[C@H](Cc1c[nH]c2ccccc12)Nc1ncnc2c1ncn2[C@@H]1O[C@H](CO)C(O)C1O. The molecule has 5 rings (SSSR count). The molecule has 1 aliphatic heterocycles. The Morgan fingerprint density at radius 1 is 1.26 bits per heavy atom. The number of fused-ring (bicyclic) bond motifs is 2. The fourth-order valence-electron chi connectivity index (χ4n) is 4.38. The number of carbonyl (C=O) groups excluding carboxylic acids is 1. The number of hydrogen-bond acceptors (Lipinski definition) is 10. The van der Waals surface area contributed by atoms with Crippen LogP contribution >= 0.6 is 0 Å². The van der Waals surface area contributed by atoms with Crippen LogP contribution in [0, 0.1) is 0 Å². The Balaban J connectivity index is 1.46. The Labute approximate surface area is 199 Å². The van der Waals surface area contributed by atoms with Gasteiger partial charge in [-0.15, -0.1) is 0 Å². The predicted molar refractivity (Wildman–Crippen MR) is 124 cm³/mol. The van der Waals surface area contributed by atoms with Gasteiger partial charge < -0.3 is 35.1 Å². The lowest BCUT2D eigenvalue weighted by molar-refractivity contribution is -0.144. The summed E-state index contributed by atoms with van der Waals surface area (Å²) >= 11 is 0. The minimum Gasteiger partial charge on any atom is -0.464 e. The van der Waals surface area contributed by atoms with Gasteiger partial charge >= 0.3 is 5.97 Å². The number of para-hydroxylation sites is 1. The summed E-state index contributed by atoms with van der Waals surface area (Å²) < 4.78 is 12.4. The van der Waals surface area contributed by atoms with Crippen molar-refractivity contribution in [2.75, 3.05) is 18.5 Å². The minimum absolute atomic E-state index is 0.226. The van der Waals surface area contributed by atoms with E-state index >= 15 is 0 Å². The topological polar surface area (TPSA) is 168 Å². The number of nitrogens with zero attached hydrogens (tertiary/aromatic N) is 4. The van der Waals surface area contributed by atoms with Crippen molar-refractivity contribution in [2.24, 2.45) is 0 Å². The lowest BCUT2D eigenvalue weighted by atomic mass is 10.0. The smallest absolute Gasteiger partial charge is 0.328 e. The number of aromatic amines is 1. The van der Waals surface area contributed by atoms with Gasteiger partial charge in [-0.3, -0.25) is 4.57 Å². The van der Waals surface area contributed by atoms with Gasteiger partial charge in [0.05, 0.1) is 19.5 Å². The second-order valence-electron chi connectivity index (χ2n) is 8.29. The number of aromatic nitrogens is 5. The van der Waals surface area contributed by atoms with Crippen molar-refractivity contribution in [1.29, 1.82) is 0 Å². The van der Waals surface area contributed by atoms with Crippen LogP contribution in [-0.2, 0) is 20.7 Å². The molecule has 35 heavy (non-hydrogen) atoms. The molecule has 3 aromatic heterocycles. The van der Waals surface area contributed by atoms with Crippen LogP contribution in [0.3, 0.4) is 0 Å². The van der Waals surface area contributed by atoms with Crippen molar-refractivity contribution >= 4 is 33.9 Å². The molecule has 1 saturated heterocycles. The first-order valence-electron chi connectivity index (χ1n) is 11.3. The van der Waals surface area contributed by atoms with Crippen LogP contribution in [0.4, 0.5) is 5.82 Å². The van der Waals surface area contributed by atoms with Crippen LogP contribution in [0.25, 0.3) is 22.1 Å². The van der Waals surface area contributed by atoms with Crippen LogP contribution < -0.4 is 5.32 Å². The van der Waals surface area contributed by atoms with E-state index in [9.17, 15) is 20.1 Å². The van der Waals surface area contributed by atoms with Gasteiger partial charge in [0, 0.05) is 23.5 Å². The number of ether oxygens (including phenoxy) is 2. The Kier molecular flexibility index (Phi) is 6.34. The Morgan fingerprint density at radius 2 is 2.09 bits per heavy atom. The monoisotopic (exact) mass is 482 g/mol. The number of H-pyrrole nitrogens is 1. The number of aliphatic hydroxyl groups excluding tert-OH is 3. The van der Waals surface area contributed by atoms with Gasteiger partial charge in [-0.05, 0) is 18.6 Å². The van der Waals surface area contributed by atoms with Crippen molar-refractivity contribution in [2.45, 2.75) is 43.9 Å². The molecule has 12 heteroatoms. The molecule has 2 unspecified atom stereocenters. The molecule has 1 aromatic carbocycles. The molecule has 0 radical (unpaired) electrons. The van der Waals surface area contributed by atoms with E-state index in [4.69, 9.17) is 9.47 Å². The predicted octanol–water partition coefficient (Wildman–Crippen LogP) is 0.505. The number of anilines is 1. The van der Waals surface area contributed by atoms with Gasteiger partial charge in [-0.25, -0.2) is 19.7 Å². The first-order valence-corrected chi connectivity index (χ1v) is 11.3. The maximum Gasteiger partial charge on any atom is 0.328 e. The third kappa shape index (κ3) is 4.21. The van der Waals surface area contributed by atoms with E-state index in [2.05, 4.69) is 25.3 Å². The molecule has 4 heterocycles. The number of nitrogens with one attached hydrogen (secondary N) is 2. The van der Waals surface area contributed by atoms with Gasteiger partial charge in [-0.2, -0.15) is 0 Å². The van der Waals surface area contributed by atoms with Crippen molar-refractivity contribution in [1.82, 2.24) is 24.5 Å². The van der Waals surface area contributed by atoms with E-state index in [-0.39, 0.29) is 6.61 Å². The largest absolute Gasteiger partial charge is 0.464 e. The summed E-state index contributed by atoms with van der Waals surface area (Å²) in [6.07, 6.45) is 0.436. The number of aliphatic hydroxyl groups is 3. The van der Waals surface area contributed by atoms with Crippen LogP contribution in [-0.4, -0.2) is 83.4 Å². The Bertz CT molecular complexity index is 1340. The van der Waals surface area contributed by atoms with Crippen molar-refractivity contribution in [3.05, 3.63) is 48.7 Å². The van der Waals surface area contributed by atoms with Crippen molar-refractivity contribution < 1.29 is 29.6 Å². The van der Waals surface area contributed by atoms with Gasteiger partial charge in [0.1, 0.15) is 30.7 Å². The van der Waals surface area contributed by atoms with Gasteiger partial charge in [0.15, 0.2) is 23.2 Å². The summed E-state index contributed by atoms with van der Waals surface area (Å²) in [5, 5.41) is 34.1. The maximum absolute atomic E-state index is 12.8. The third-order valence-electron chi connectivity index (χ3n) is 6.13. The zero-order chi connectivity index (χ0) is 24.5. The summed E-state index contributed by atoms with van der Waals surface area (Å²) in [7, 11) is 0. The molecule has 0 aliphatic carbocycles. The molecule has 0 saturated carbocycles. The lowest BCUT2D eigenvalue weighted by Crippen LogP contribution is -2.34. The molecular formula is C23H26N6O6. The molecule has 1 fully saturated rings. The quantitative estimate of drug-likeness (QED) is 0.223. The summed E-state index contributed by atoms with van der Waals surface area (Å²) in [5.74, 6) is -0.133. The standard InChI is InChI=1S/C23H26N6O6/c1-2-34-23(33)15(7-12-8-24-14-6-4-3-5-13(12)14)28-20-17-21(26-10-25-20)29(11-27-17)22-19(32)18(31)16(9-30)35-22/h3-6,8,10-11,15-16,18-19,22,24,30-32H,2,7,9H2,1H3,(H,25,26,28)/t15-,16+,18?,19?,22+/m0/s1. The molecule has 0 amide bonds. The van der Waals surface area contributed by atoms with E-state index in [0.29, 0.717) is 23.4 Å². The summed E-state index contributed by atoms with van der Waals surface area (Å²) in [6.45, 7) is 1.52. The Hall–Kier alpha value is -3.58. The lowest BCUT2D eigenvalue weighted by Gasteiger charge is -2.18. The minimum atomic E-state index is -1.29. The van der Waals surface area contributed by atoms with Gasteiger partial charge in [-0.1, -0.05) is 18.2 Å². The molecular weight excluding hydrogens is 456 g/mol. The second kappa shape index (κ2) is 9.58. The Morgan fingerprint density at radius 3 is 2.86 bits per heavy atom. The molecule has 0 bridgehead atoms. The van der Waals surface area contributed by atoms with E-state index in [0.717, 1.165) is 16.5 Å². The fraction of sp³-hybridized carbons (Fsp3) is 0.391. The van der Waals surface area contributed by atoms with Crippen molar-refractivity contribution in [3.8, 4) is 0 Å². The number of rotatable bonds is 8. The highest BCUT2D eigenvalue weighted by Crippen LogP contribution is 2.32. The van der Waals surface area contributed by atoms with Gasteiger partial charge in [0.2, 0.25) is 0 Å². The molecule has 0 spiro atoms. The normalized spacial score (nSPS) is 23.1. The van der Waals surface area contributed by atoms with E-state index < -0.39 is 43.2 Å². The summed E-state index contributed by atoms with van der Waals surface area (Å²) in [5.41, 5.74) is 2.57. The summed E-state index contributed by atoms with van der Waals surface area (Å²) in [4.78, 5) is 28.9. The van der Waals surface area contributed by atoms with Crippen LogP contribution in [0.2, 0.25) is 0 Å². The highest BCUT2D eigenvalue weighted by atomic mass is 16.6. The zero-order valence-electron chi connectivity index (χ0n) is 18.9. The first kappa shape index (κ1) is 23.2. The number of imidazole rings is 1. The van der Waals surface area contributed by atoms with E-state index in [1.165, 1.54) is 17.2 Å². The number of benzene rings is 1. The van der Waals surface area contributed by atoms with Crippen molar-refractivity contribution in [3.63, 3.8) is 0 Å². The van der Waals surface area contributed by atoms with Crippen LogP contribution in [0.1, 0.15) is 18.7 Å². The highest BCUT2D eigenvalue weighted by molar-refractivity contribution is 5.88. The molecule has 4 aromatic rings. The second-order valence-corrected chi connectivity index (χ2v) is 8.29. The number of hydrogen-bond donors (Lipinski definition) is 5. The van der Waals surface area contributed by atoms with Crippen LogP contribution in [0.5, 0.6) is 0 Å². The molecule has 5 atom stereocenters. The third-order valence-corrected chi connectivity index (χ3v) is 6.13. The average molecular weight is 482 g/mol. The maximum atomic E-state index is 12.8. The number of carbonyl (C=O) groups is 1. The van der Waals surface area contributed by atoms with Gasteiger partial charge in [0.25, 0.3) is 0 Å². The molecule has 5 N–H and O–H groups in total. The fourth-order valence-corrected chi connectivity index (χ4v) is 4.38. The van der Waals surface area contributed by atoms with E-state index in [1.54, 1.807) is 6.92 Å². The zero-order valence-corrected chi connectivity index (χ0v) is 18.9. The molecule has 12 nitrogen and oxygen atoms in total. The summed E-state index contributed by atoms with van der Waals surface area (Å²) in [6, 6.07) is 7.06. The molecule has 1 aliphatic rings. The molecule has 184 valence electrons. The first-order chi connectivity index (χ1) is 17.0. The average Bonchev–Trinajstić information content (AvgIpc) is 3.56. The highest BCUT2D eigenvalue weighted by Gasteiger charge is 2.44.